The maximum Gasteiger partial charge on any atom is 0.356 e. The van der Waals surface area contributed by atoms with E-state index in [-0.39, 0.29) is 11.4 Å². The van der Waals surface area contributed by atoms with Gasteiger partial charge in [0.25, 0.3) is 0 Å². The summed E-state index contributed by atoms with van der Waals surface area (Å²) in [5.74, 6) is -1.52. The van der Waals surface area contributed by atoms with Crippen LogP contribution in [0.25, 0.3) is 16.9 Å². The number of hydrogen-bond donors (Lipinski definition) is 1. The lowest BCUT2D eigenvalue weighted by Gasteiger charge is -2.07. The molecule has 0 aliphatic heterocycles. The summed E-state index contributed by atoms with van der Waals surface area (Å²) < 4.78 is 20.0. The fourth-order valence-electron chi connectivity index (χ4n) is 2.04. The van der Waals surface area contributed by atoms with Crippen molar-refractivity contribution >= 4 is 11.6 Å². The van der Waals surface area contributed by atoms with E-state index in [1.165, 1.54) is 36.0 Å². The summed E-state index contributed by atoms with van der Waals surface area (Å²) in [6.07, 6.45) is 1.51. The minimum Gasteiger partial charge on any atom is -0.494 e. The lowest BCUT2D eigenvalue weighted by Crippen LogP contribution is -2.00. The Morgan fingerprint density at radius 1 is 1.33 bits per heavy atom. The van der Waals surface area contributed by atoms with Gasteiger partial charge in [-0.2, -0.15) is 5.10 Å². The van der Waals surface area contributed by atoms with E-state index >= 15 is 0 Å². The second kappa shape index (κ2) is 4.86. The lowest BCUT2D eigenvalue weighted by atomic mass is 10.1. The van der Waals surface area contributed by atoms with Crippen molar-refractivity contribution in [2.24, 2.45) is 0 Å². The SMILES string of the molecule is COc1ccc(-c2ccnc3cc(C(=O)O)nn23)cc1F. The second-order valence-electron chi connectivity index (χ2n) is 4.28. The highest BCUT2D eigenvalue weighted by Crippen LogP contribution is 2.25. The zero-order valence-electron chi connectivity index (χ0n) is 10.9. The highest BCUT2D eigenvalue weighted by atomic mass is 19.1. The molecular weight excluding hydrogens is 277 g/mol. The van der Waals surface area contributed by atoms with Gasteiger partial charge in [-0.3, -0.25) is 0 Å². The van der Waals surface area contributed by atoms with Gasteiger partial charge in [-0.25, -0.2) is 18.7 Å². The van der Waals surface area contributed by atoms with Gasteiger partial charge in [-0.15, -0.1) is 0 Å². The van der Waals surface area contributed by atoms with Crippen molar-refractivity contribution < 1.29 is 19.0 Å². The van der Waals surface area contributed by atoms with Crippen molar-refractivity contribution in [3.63, 3.8) is 0 Å². The van der Waals surface area contributed by atoms with Gasteiger partial charge < -0.3 is 9.84 Å². The third kappa shape index (κ3) is 2.18. The molecule has 7 heteroatoms. The molecule has 0 aliphatic carbocycles. The lowest BCUT2D eigenvalue weighted by molar-refractivity contribution is 0.0690. The van der Waals surface area contributed by atoms with Crippen LogP contribution < -0.4 is 4.74 Å². The summed E-state index contributed by atoms with van der Waals surface area (Å²) in [5.41, 5.74) is 1.33. The van der Waals surface area contributed by atoms with Gasteiger partial charge in [0.2, 0.25) is 0 Å². The Kier molecular flexibility index (Phi) is 3.02. The molecule has 2 heterocycles. The van der Waals surface area contributed by atoms with E-state index in [0.29, 0.717) is 16.9 Å². The van der Waals surface area contributed by atoms with Crippen LogP contribution in [0.5, 0.6) is 5.75 Å². The zero-order chi connectivity index (χ0) is 15.0. The number of benzene rings is 1. The summed E-state index contributed by atoms with van der Waals surface area (Å²) >= 11 is 0. The third-order valence-electron chi connectivity index (χ3n) is 3.02. The number of hydrogen-bond acceptors (Lipinski definition) is 4. The summed E-state index contributed by atoms with van der Waals surface area (Å²) in [5, 5.41) is 12.9. The molecule has 0 spiro atoms. The van der Waals surface area contributed by atoms with Crippen LogP contribution in [0, 0.1) is 5.82 Å². The average molecular weight is 287 g/mol. The van der Waals surface area contributed by atoms with Crippen molar-refractivity contribution in [3.8, 4) is 17.0 Å². The number of carboxylic acid groups (broad SMARTS) is 1. The predicted molar refractivity (Wildman–Crippen MR) is 71.9 cm³/mol. The number of carbonyl (C=O) groups is 1. The second-order valence-corrected chi connectivity index (χ2v) is 4.28. The van der Waals surface area contributed by atoms with Crippen molar-refractivity contribution in [2.45, 2.75) is 0 Å². The number of fused-ring (bicyclic) bond motifs is 1. The standard InChI is InChI=1S/C14H10FN3O3/c1-21-12-3-2-8(6-9(12)15)11-4-5-16-13-7-10(14(19)20)17-18(11)13/h2-7H,1H3,(H,19,20). The Morgan fingerprint density at radius 3 is 2.81 bits per heavy atom. The molecule has 0 fully saturated rings. The molecule has 0 unspecified atom stereocenters. The number of carboxylic acids is 1. The van der Waals surface area contributed by atoms with Crippen LogP contribution in [0.15, 0.2) is 36.5 Å². The van der Waals surface area contributed by atoms with E-state index in [9.17, 15) is 9.18 Å². The van der Waals surface area contributed by atoms with Gasteiger partial charge >= 0.3 is 5.97 Å². The number of rotatable bonds is 3. The van der Waals surface area contributed by atoms with Crippen LogP contribution in [0.1, 0.15) is 10.5 Å². The van der Waals surface area contributed by atoms with Crippen LogP contribution >= 0.6 is 0 Å². The van der Waals surface area contributed by atoms with E-state index < -0.39 is 11.8 Å². The summed E-state index contributed by atoms with van der Waals surface area (Å²) in [6.45, 7) is 0. The van der Waals surface area contributed by atoms with Crippen LogP contribution in [-0.4, -0.2) is 32.8 Å². The normalized spacial score (nSPS) is 10.8. The molecule has 106 valence electrons. The van der Waals surface area contributed by atoms with Gasteiger partial charge in [-0.1, -0.05) is 0 Å². The first-order valence-corrected chi connectivity index (χ1v) is 6.02. The summed E-state index contributed by atoms with van der Waals surface area (Å²) in [4.78, 5) is 15.0. The molecule has 21 heavy (non-hydrogen) atoms. The monoisotopic (exact) mass is 287 g/mol. The van der Waals surface area contributed by atoms with E-state index in [1.807, 2.05) is 0 Å². The van der Waals surface area contributed by atoms with Crippen molar-refractivity contribution in [2.75, 3.05) is 7.11 Å². The molecule has 1 N–H and O–H groups in total. The van der Waals surface area contributed by atoms with E-state index in [1.54, 1.807) is 12.1 Å². The third-order valence-corrected chi connectivity index (χ3v) is 3.02. The van der Waals surface area contributed by atoms with Crippen LogP contribution in [0.4, 0.5) is 4.39 Å². The van der Waals surface area contributed by atoms with Crippen molar-refractivity contribution in [1.82, 2.24) is 14.6 Å². The number of ether oxygens (including phenoxy) is 1. The van der Waals surface area contributed by atoms with Crippen LogP contribution in [0.2, 0.25) is 0 Å². The molecule has 0 amide bonds. The Balaban J connectivity index is 2.20. The van der Waals surface area contributed by atoms with Gasteiger partial charge in [0, 0.05) is 17.8 Å². The number of halogens is 1. The molecule has 0 aliphatic rings. The minimum absolute atomic E-state index is 0.121. The fraction of sp³-hybridized carbons (Fsp3) is 0.0714. The molecule has 1 aromatic carbocycles. The largest absolute Gasteiger partial charge is 0.494 e. The topological polar surface area (TPSA) is 76.7 Å². The van der Waals surface area contributed by atoms with Gasteiger partial charge in [0.05, 0.1) is 12.8 Å². The maximum atomic E-state index is 13.8. The minimum atomic E-state index is -1.15. The van der Waals surface area contributed by atoms with Crippen molar-refractivity contribution in [1.29, 1.82) is 0 Å². The fourth-order valence-corrected chi connectivity index (χ4v) is 2.04. The van der Waals surface area contributed by atoms with Crippen LogP contribution in [0.3, 0.4) is 0 Å². The predicted octanol–water partition coefficient (Wildman–Crippen LogP) is 2.24. The molecule has 0 bridgehead atoms. The Hall–Kier alpha value is -2.96. The summed E-state index contributed by atoms with van der Waals surface area (Å²) in [7, 11) is 1.38. The highest BCUT2D eigenvalue weighted by Gasteiger charge is 2.13. The Labute approximate surface area is 118 Å². The van der Waals surface area contributed by atoms with E-state index in [0.717, 1.165) is 0 Å². The molecule has 0 atom stereocenters. The summed E-state index contributed by atoms with van der Waals surface area (Å²) in [6, 6.07) is 7.45. The molecule has 0 saturated carbocycles. The zero-order valence-corrected chi connectivity index (χ0v) is 10.9. The van der Waals surface area contributed by atoms with Gasteiger partial charge in [0.15, 0.2) is 22.9 Å². The number of nitrogens with zero attached hydrogens (tertiary/aromatic N) is 3. The maximum absolute atomic E-state index is 13.8. The average Bonchev–Trinajstić information content (AvgIpc) is 2.91. The molecule has 6 nitrogen and oxygen atoms in total. The van der Waals surface area contributed by atoms with Gasteiger partial charge in [-0.05, 0) is 24.3 Å². The first-order chi connectivity index (χ1) is 10.1. The molecule has 0 radical (unpaired) electrons. The van der Waals surface area contributed by atoms with E-state index in [4.69, 9.17) is 9.84 Å². The number of methoxy groups -OCH3 is 1. The van der Waals surface area contributed by atoms with Gasteiger partial charge in [0.1, 0.15) is 0 Å². The highest BCUT2D eigenvalue weighted by molar-refractivity contribution is 5.86. The smallest absolute Gasteiger partial charge is 0.356 e. The number of aromatic carboxylic acids is 1. The van der Waals surface area contributed by atoms with Crippen molar-refractivity contribution in [3.05, 3.63) is 48.0 Å². The Morgan fingerprint density at radius 2 is 2.14 bits per heavy atom. The molecule has 2 aromatic heterocycles. The van der Waals surface area contributed by atoms with E-state index in [2.05, 4.69) is 10.1 Å². The molecular formula is C14H10FN3O3. The molecule has 0 saturated heterocycles. The Bertz CT molecular complexity index is 845. The number of aromatic nitrogens is 3. The molecule has 3 rings (SSSR count). The van der Waals surface area contributed by atoms with Crippen LogP contribution in [-0.2, 0) is 0 Å². The quantitative estimate of drug-likeness (QED) is 0.799. The first kappa shape index (κ1) is 13.0. The molecule has 3 aromatic rings. The first-order valence-electron chi connectivity index (χ1n) is 6.02.